The molecule has 0 radical (unpaired) electrons. The number of nitrogens with zero attached hydrogens (tertiary/aromatic N) is 1. The maximum Gasteiger partial charge on any atom is 0.412 e. The molecule has 8 heteroatoms. The van der Waals surface area contributed by atoms with E-state index < -0.39 is 18.0 Å². The molecule has 3 aromatic carbocycles. The van der Waals surface area contributed by atoms with Crippen molar-refractivity contribution in [1.82, 2.24) is 4.37 Å². The van der Waals surface area contributed by atoms with Gasteiger partial charge in [-0.3, -0.25) is 5.32 Å². The standard InChI is InChI=1S/C29H24ClFN2O3S/c1-17-26(32-28(35)36-18(2)22-5-3-4-6-24(22)30)27(37-33-17)20-9-12-23(25(31)15-20)19-7-10-21(11-8-19)29(16-34)13-14-29/h3-12,15-16,18H,13-14H2,1-2H3,(H,32,35)/t18-/m1/s1. The summed E-state index contributed by atoms with van der Waals surface area (Å²) in [6, 6.07) is 19.6. The Bertz CT molecular complexity index is 1480. The predicted octanol–water partition coefficient (Wildman–Crippen LogP) is 8.12. The summed E-state index contributed by atoms with van der Waals surface area (Å²) in [7, 11) is 0. The molecule has 1 heterocycles. The molecule has 1 atom stereocenters. The molecule has 0 spiro atoms. The number of nitrogens with one attached hydrogen (secondary N) is 1. The third-order valence-electron chi connectivity index (χ3n) is 6.73. The van der Waals surface area contributed by atoms with Gasteiger partial charge in [0.05, 0.1) is 21.7 Å². The van der Waals surface area contributed by atoms with E-state index >= 15 is 4.39 Å². The van der Waals surface area contributed by atoms with E-state index in [1.54, 1.807) is 38.1 Å². The highest BCUT2D eigenvalue weighted by Crippen LogP contribution is 2.46. The maximum absolute atomic E-state index is 15.2. The highest BCUT2D eigenvalue weighted by atomic mass is 35.5. The number of hydrogen-bond acceptors (Lipinski definition) is 5. The number of benzene rings is 3. The predicted molar refractivity (Wildman–Crippen MR) is 145 cm³/mol. The van der Waals surface area contributed by atoms with Crippen LogP contribution in [0.4, 0.5) is 14.9 Å². The third kappa shape index (κ3) is 5.02. The molecule has 5 nitrogen and oxygen atoms in total. The third-order valence-corrected chi connectivity index (χ3v) is 8.06. The van der Waals surface area contributed by atoms with Gasteiger partial charge in [-0.2, -0.15) is 4.37 Å². The van der Waals surface area contributed by atoms with Crippen LogP contribution in [0.2, 0.25) is 5.02 Å². The first-order valence-electron chi connectivity index (χ1n) is 11.9. The topological polar surface area (TPSA) is 68.3 Å². The number of rotatable bonds is 7. The van der Waals surface area contributed by atoms with Gasteiger partial charge >= 0.3 is 6.09 Å². The fourth-order valence-electron chi connectivity index (χ4n) is 4.36. The summed E-state index contributed by atoms with van der Waals surface area (Å²) in [5, 5.41) is 3.28. The molecule has 0 bridgehead atoms. The van der Waals surface area contributed by atoms with E-state index in [1.165, 1.54) is 17.6 Å². The van der Waals surface area contributed by atoms with Gasteiger partial charge in [-0.25, -0.2) is 9.18 Å². The zero-order chi connectivity index (χ0) is 26.2. The van der Waals surface area contributed by atoms with E-state index in [4.69, 9.17) is 16.3 Å². The highest BCUT2D eigenvalue weighted by molar-refractivity contribution is 7.10. The van der Waals surface area contributed by atoms with Gasteiger partial charge in [0.25, 0.3) is 0 Å². The minimum absolute atomic E-state index is 0.360. The van der Waals surface area contributed by atoms with Gasteiger partial charge in [-0.1, -0.05) is 66.2 Å². The van der Waals surface area contributed by atoms with Crippen molar-refractivity contribution in [2.45, 2.75) is 38.2 Å². The van der Waals surface area contributed by atoms with Crippen LogP contribution < -0.4 is 5.32 Å². The SMILES string of the molecule is Cc1nsc(-c2ccc(-c3ccc(C4(C=O)CC4)cc3)c(F)c2)c1NC(=O)O[C@H](C)c1ccccc1Cl. The van der Waals surface area contributed by atoms with E-state index in [-0.39, 0.29) is 5.41 Å². The Morgan fingerprint density at radius 1 is 1.14 bits per heavy atom. The number of hydrogen-bond donors (Lipinski definition) is 1. The normalized spacial score (nSPS) is 14.6. The first kappa shape index (κ1) is 25.1. The first-order valence-corrected chi connectivity index (χ1v) is 13.0. The van der Waals surface area contributed by atoms with Crippen LogP contribution in [0.3, 0.4) is 0 Å². The number of halogens is 2. The number of carbonyl (C=O) groups excluding carboxylic acids is 2. The van der Waals surface area contributed by atoms with Crippen molar-refractivity contribution in [3.8, 4) is 21.6 Å². The zero-order valence-corrected chi connectivity index (χ0v) is 21.8. The van der Waals surface area contributed by atoms with E-state index in [9.17, 15) is 9.59 Å². The maximum atomic E-state index is 15.2. The van der Waals surface area contributed by atoms with Crippen molar-refractivity contribution >= 4 is 41.2 Å². The Hall–Kier alpha value is -3.55. The lowest BCUT2D eigenvalue weighted by Gasteiger charge is -2.16. The summed E-state index contributed by atoms with van der Waals surface area (Å²) in [5.74, 6) is -0.395. The van der Waals surface area contributed by atoms with Crippen molar-refractivity contribution in [3.63, 3.8) is 0 Å². The van der Waals surface area contributed by atoms with Crippen LogP contribution in [0.5, 0.6) is 0 Å². The molecule has 37 heavy (non-hydrogen) atoms. The number of carbonyl (C=O) groups is 2. The molecular weight excluding hydrogens is 511 g/mol. The van der Waals surface area contributed by atoms with Crippen LogP contribution in [0.1, 0.15) is 42.7 Å². The van der Waals surface area contributed by atoms with Crippen molar-refractivity contribution in [3.05, 3.63) is 94.4 Å². The molecule has 5 rings (SSSR count). The van der Waals surface area contributed by atoms with E-state index in [0.717, 1.165) is 30.3 Å². The Morgan fingerprint density at radius 2 is 1.84 bits per heavy atom. The van der Waals surface area contributed by atoms with Crippen molar-refractivity contribution in [1.29, 1.82) is 0 Å². The molecule has 0 saturated heterocycles. The lowest BCUT2D eigenvalue weighted by atomic mass is 9.94. The van der Waals surface area contributed by atoms with Crippen molar-refractivity contribution < 1.29 is 18.7 Å². The fourth-order valence-corrected chi connectivity index (χ4v) is 5.49. The Morgan fingerprint density at radius 3 is 2.49 bits per heavy atom. The van der Waals surface area contributed by atoms with Crippen LogP contribution in [0.25, 0.3) is 21.6 Å². The lowest BCUT2D eigenvalue weighted by Crippen LogP contribution is -2.16. The van der Waals surface area contributed by atoms with Crippen LogP contribution in [-0.2, 0) is 14.9 Å². The lowest BCUT2D eigenvalue weighted by molar-refractivity contribution is -0.109. The summed E-state index contributed by atoms with van der Waals surface area (Å²) in [6.07, 6.45) is 1.51. The molecule has 0 unspecified atom stereocenters. The van der Waals surface area contributed by atoms with E-state index in [0.29, 0.717) is 38.0 Å². The van der Waals surface area contributed by atoms with Crippen molar-refractivity contribution in [2.75, 3.05) is 5.32 Å². The molecule has 1 amide bonds. The van der Waals surface area contributed by atoms with Gasteiger partial charge in [0.2, 0.25) is 0 Å². The van der Waals surface area contributed by atoms with Crippen molar-refractivity contribution in [2.24, 2.45) is 0 Å². The molecule has 4 aromatic rings. The second-order valence-corrected chi connectivity index (χ2v) is 10.4. The quantitative estimate of drug-likeness (QED) is 0.243. The second-order valence-electron chi connectivity index (χ2n) is 9.21. The van der Waals surface area contributed by atoms with Crippen LogP contribution in [-0.4, -0.2) is 16.8 Å². The summed E-state index contributed by atoms with van der Waals surface area (Å²) in [6.45, 7) is 3.51. The summed E-state index contributed by atoms with van der Waals surface area (Å²) in [5.41, 5.74) is 4.16. The number of aromatic nitrogens is 1. The summed E-state index contributed by atoms with van der Waals surface area (Å²) < 4.78 is 25.1. The number of aldehydes is 1. The second kappa shape index (κ2) is 10.1. The average Bonchev–Trinajstić information content (AvgIpc) is 3.62. The largest absolute Gasteiger partial charge is 0.441 e. The first-order chi connectivity index (χ1) is 17.8. The Labute approximate surface area is 223 Å². The Balaban J connectivity index is 1.34. The molecule has 1 saturated carbocycles. The molecular formula is C29H24ClFN2O3S. The fraction of sp³-hybridized carbons (Fsp3) is 0.207. The minimum atomic E-state index is -0.655. The molecule has 188 valence electrons. The highest BCUT2D eigenvalue weighted by Gasteiger charge is 2.44. The number of amides is 1. The molecule has 1 aromatic heterocycles. The molecule has 1 N–H and O–H groups in total. The van der Waals surface area contributed by atoms with E-state index in [2.05, 4.69) is 9.69 Å². The number of anilines is 1. The van der Waals surface area contributed by atoms with Gasteiger partial charge in [0.15, 0.2) is 0 Å². The molecule has 1 fully saturated rings. The van der Waals surface area contributed by atoms with Crippen LogP contribution >= 0.6 is 23.1 Å². The summed E-state index contributed by atoms with van der Waals surface area (Å²) >= 11 is 7.39. The number of aryl methyl sites for hydroxylation is 1. The molecule has 0 aliphatic heterocycles. The van der Waals surface area contributed by atoms with Gasteiger partial charge < -0.3 is 9.53 Å². The molecule has 1 aliphatic rings. The van der Waals surface area contributed by atoms with Crippen LogP contribution in [0, 0.1) is 12.7 Å². The number of ether oxygens (including phenoxy) is 1. The Kier molecular flexibility index (Phi) is 6.84. The van der Waals surface area contributed by atoms with Gasteiger partial charge in [-0.15, -0.1) is 0 Å². The monoisotopic (exact) mass is 534 g/mol. The smallest absolute Gasteiger partial charge is 0.412 e. The van der Waals surface area contributed by atoms with E-state index in [1.807, 2.05) is 36.4 Å². The van der Waals surface area contributed by atoms with Gasteiger partial charge in [0.1, 0.15) is 18.2 Å². The molecule has 1 aliphatic carbocycles. The van der Waals surface area contributed by atoms with Gasteiger partial charge in [0, 0.05) is 16.1 Å². The van der Waals surface area contributed by atoms with Gasteiger partial charge in [-0.05, 0) is 67.0 Å². The average molecular weight is 535 g/mol. The summed E-state index contributed by atoms with van der Waals surface area (Å²) in [4.78, 5) is 24.7. The van der Waals surface area contributed by atoms with Crippen LogP contribution in [0.15, 0.2) is 66.7 Å². The zero-order valence-electron chi connectivity index (χ0n) is 20.3. The minimum Gasteiger partial charge on any atom is -0.441 e.